The molecule has 1 amide bonds. The number of rotatable bonds is 7. The van der Waals surface area contributed by atoms with Crippen molar-refractivity contribution >= 4 is 57.5 Å². The van der Waals surface area contributed by atoms with Crippen molar-refractivity contribution in [3.63, 3.8) is 0 Å². The molecule has 0 saturated heterocycles. The van der Waals surface area contributed by atoms with Gasteiger partial charge in [0.1, 0.15) is 5.00 Å². The van der Waals surface area contributed by atoms with Gasteiger partial charge in [-0.1, -0.05) is 48.7 Å². The largest absolute Gasteiger partial charge is 0.349 e. The van der Waals surface area contributed by atoms with Gasteiger partial charge in [-0.05, 0) is 80.0 Å². The molecular formula is C28H28ClN3O3S2. The maximum absolute atomic E-state index is 13.4. The quantitative estimate of drug-likeness (QED) is 0.182. The summed E-state index contributed by atoms with van der Waals surface area (Å²) in [6.07, 6.45) is 11.3. The van der Waals surface area contributed by atoms with Crippen LogP contribution in [0, 0.1) is 10.1 Å². The van der Waals surface area contributed by atoms with Crippen LogP contribution in [0.15, 0.2) is 57.2 Å². The fourth-order valence-corrected chi connectivity index (χ4v) is 7.24. The van der Waals surface area contributed by atoms with Crippen molar-refractivity contribution < 1.29 is 9.72 Å². The number of nitro benzene ring substituents is 1. The molecule has 9 heteroatoms. The molecule has 1 N–H and O–H groups in total. The Bertz CT molecular complexity index is 1330. The SMILES string of the molecule is O=C(NC1CCCCC1)c1c(N=Cc2ccc(Sc3ccc(Cl)cc3)c([N+](=O)[O-])c2)sc2c1CCCC2. The molecule has 0 bridgehead atoms. The van der Waals surface area contributed by atoms with E-state index in [0.29, 0.717) is 26.0 Å². The minimum absolute atomic E-state index is 0.0182. The highest BCUT2D eigenvalue weighted by atomic mass is 35.5. The number of aliphatic imine (C=N–C) groups is 1. The van der Waals surface area contributed by atoms with Crippen molar-refractivity contribution in [1.29, 1.82) is 0 Å². The molecule has 1 heterocycles. The highest BCUT2D eigenvalue weighted by Gasteiger charge is 2.27. The number of nitrogens with zero attached hydrogens (tertiary/aromatic N) is 2. The Kier molecular flexibility index (Phi) is 8.27. The molecule has 0 atom stereocenters. The van der Waals surface area contributed by atoms with E-state index in [1.165, 1.54) is 29.1 Å². The smallest absolute Gasteiger partial charge is 0.283 e. The van der Waals surface area contributed by atoms with E-state index in [2.05, 4.69) is 5.32 Å². The van der Waals surface area contributed by atoms with Crippen molar-refractivity contribution in [3.05, 3.63) is 79.2 Å². The van der Waals surface area contributed by atoms with Crippen LogP contribution in [0.25, 0.3) is 0 Å². The van der Waals surface area contributed by atoms with Crippen molar-refractivity contribution in [2.24, 2.45) is 4.99 Å². The Labute approximate surface area is 229 Å². The maximum atomic E-state index is 13.4. The molecule has 1 saturated carbocycles. The van der Waals surface area contributed by atoms with E-state index in [4.69, 9.17) is 16.6 Å². The highest BCUT2D eigenvalue weighted by Crippen LogP contribution is 2.40. The summed E-state index contributed by atoms with van der Waals surface area (Å²) in [5.41, 5.74) is 2.48. The molecule has 3 aromatic rings. The second-order valence-electron chi connectivity index (χ2n) is 9.50. The average Bonchev–Trinajstić information content (AvgIpc) is 3.28. The van der Waals surface area contributed by atoms with Gasteiger partial charge in [0.05, 0.1) is 15.4 Å². The average molecular weight is 554 g/mol. The summed E-state index contributed by atoms with van der Waals surface area (Å²) in [7, 11) is 0. The number of aryl methyl sites for hydroxylation is 1. The molecule has 1 aromatic heterocycles. The Balaban J connectivity index is 1.41. The third-order valence-corrected chi connectivity index (χ3v) is 9.40. The molecule has 0 aliphatic heterocycles. The van der Waals surface area contributed by atoms with Gasteiger partial charge in [-0.3, -0.25) is 14.9 Å². The molecule has 0 spiro atoms. The van der Waals surface area contributed by atoms with Crippen LogP contribution in [0.1, 0.15) is 71.3 Å². The molecule has 37 heavy (non-hydrogen) atoms. The van der Waals surface area contributed by atoms with Crippen LogP contribution in [0.4, 0.5) is 10.7 Å². The number of fused-ring (bicyclic) bond motifs is 1. The van der Waals surface area contributed by atoms with E-state index in [1.54, 1.807) is 35.8 Å². The van der Waals surface area contributed by atoms with Gasteiger partial charge in [0.2, 0.25) is 0 Å². The third-order valence-electron chi connectivity index (χ3n) is 6.87. The molecule has 192 valence electrons. The zero-order chi connectivity index (χ0) is 25.8. The normalized spacial score (nSPS) is 16.0. The van der Waals surface area contributed by atoms with E-state index in [0.717, 1.165) is 61.8 Å². The zero-order valence-corrected chi connectivity index (χ0v) is 22.8. The number of nitro groups is 1. The van der Waals surface area contributed by atoms with Gasteiger partial charge in [0, 0.05) is 33.1 Å². The first-order valence-corrected chi connectivity index (χ1v) is 14.7. The van der Waals surface area contributed by atoms with Crippen LogP contribution < -0.4 is 5.32 Å². The molecule has 0 unspecified atom stereocenters. The third kappa shape index (κ3) is 6.25. The fourth-order valence-electron chi connectivity index (χ4n) is 4.99. The van der Waals surface area contributed by atoms with Crippen LogP contribution in [-0.2, 0) is 12.8 Å². The summed E-state index contributed by atoms with van der Waals surface area (Å²) in [6, 6.07) is 12.5. The minimum atomic E-state index is -0.373. The van der Waals surface area contributed by atoms with Gasteiger partial charge in [0.25, 0.3) is 11.6 Å². The number of hydrogen-bond acceptors (Lipinski definition) is 6. The predicted octanol–water partition coefficient (Wildman–Crippen LogP) is 8.15. The van der Waals surface area contributed by atoms with Gasteiger partial charge in [-0.25, -0.2) is 4.99 Å². The van der Waals surface area contributed by atoms with Crippen molar-refractivity contribution in [1.82, 2.24) is 5.32 Å². The standard InChI is InChI=1S/C28H28ClN3O3S2/c29-19-11-13-21(14-12-19)36-25-15-10-18(16-23(25)32(34)35)17-30-28-26(22-8-4-5-9-24(22)37-28)27(33)31-20-6-2-1-3-7-20/h10-17,20H,1-9H2,(H,31,33). The predicted molar refractivity (Wildman–Crippen MR) is 151 cm³/mol. The lowest BCUT2D eigenvalue weighted by molar-refractivity contribution is -0.387. The summed E-state index contributed by atoms with van der Waals surface area (Å²) in [4.78, 5) is 32.2. The van der Waals surface area contributed by atoms with Crippen LogP contribution in [0.5, 0.6) is 0 Å². The number of nitrogens with one attached hydrogen (secondary N) is 1. The molecule has 6 nitrogen and oxygen atoms in total. The summed E-state index contributed by atoms with van der Waals surface area (Å²) < 4.78 is 0. The summed E-state index contributed by atoms with van der Waals surface area (Å²) in [6.45, 7) is 0. The number of benzene rings is 2. The zero-order valence-electron chi connectivity index (χ0n) is 20.4. The summed E-state index contributed by atoms with van der Waals surface area (Å²) in [5.74, 6) is -0.0286. The van der Waals surface area contributed by atoms with Crippen LogP contribution in [0.3, 0.4) is 0 Å². The topological polar surface area (TPSA) is 84.6 Å². The lowest BCUT2D eigenvalue weighted by atomic mass is 9.93. The summed E-state index contributed by atoms with van der Waals surface area (Å²) in [5, 5.41) is 16.4. The van der Waals surface area contributed by atoms with Gasteiger partial charge in [0.15, 0.2) is 0 Å². The number of amides is 1. The molecule has 2 aromatic carbocycles. The number of hydrogen-bond donors (Lipinski definition) is 1. The van der Waals surface area contributed by atoms with E-state index in [1.807, 2.05) is 18.2 Å². The lowest BCUT2D eigenvalue weighted by Gasteiger charge is -2.23. The molecule has 0 radical (unpaired) electrons. The van der Waals surface area contributed by atoms with E-state index in [-0.39, 0.29) is 22.6 Å². The molecular weight excluding hydrogens is 526 g/mol. The van der Waals surface area contributed by atoms with Gasteiger partial charge in [-0.2, -0.15) is 0 Å². The van der Waals surface area contributed by atoms with Gasteiger partial charge < -0.3 is 5.32 Å². The second kappa shape index (κ2) is 11.8. The van der Waals surface area contributed by atoms with Crippen LogP contribution in [-0.4, -0.2) is 23.1 Å². The molecule has 2 aliphatic rings. The highest BCUT2D eigenvalue weighted by molar-refractivity contribution is 7.99. The van der Waals surface area contributed by atoms with E-state index >= 15 is 0 Å². The second-order valence-corrected chi connectivity index (χ2v) is 12.1. The number of thiophene rings is 1. The van der Waals surface area contributed by atoms with E-state index in [9.17, 15) is 14.9 Å². The molecule has 5 rings (SSSR count). The van der Waals surface area contributed by atoms with Crippen molar-refractivity contribution in [3.8, 4) is 0 Å². The van der Waals surface area contributed by atoms with E-state index < -0.39 is 0 Å². The number of halogens is 1. The monoisotopic (exact) mass is 553 g/mol. The van der Waals surface area contributed by atoms with Crippen LogP contribution in [0.2, 0.25) is 5.02 Å². The Morgan fingerprint density at radius 2 is 1.84 bits per heavy atom. The first-order valence-electron chi connectivity index (χ1n) is 12.7. The lowest BCUT2D eigenvalue weighted by Crippen LogP contribution is -2.36. The first kappa shape index (κ1) is 25.9. The Morgan fingerprint density at radius 1 is 1.08 bits per heavy atom. The van der Waals surface area contributed by atoms with Gasteiger partial charge >= 0.3 is 0 Å². The fraction of sp³-hybridized carbons (Fsp3) is 0.357. The van der Waals surface area contributed by atoms with Crippen molar-refractivity contribution in [2.75, 3.05) is 0 Å². The van der Waals surface area contributed by atoms with Crippen LogP contribution >= 0.6 is 34.7 Å². The first-order chi connectivity index (χ1) is 18.0. The van der Waals surface area contributed by atoms with Crippen molar-refractivity contribution in [2.45, 2.75) is 73.6 Å². The number of carbonyl (C=O) groups is 1. The molecule has 2 aliphatic carbocycles. The Hall–Kier alpha value is -2.68. The molecule has 1 fully saturated rings. The van der Waals surface area contributed by atoms with Gasteiger partial charge in [-0.15, -0.1) is 11.3 Å². The summed E-state index contributed by atoms with van der Waals surface area (Å²) >= 11 is 8.86. The Morgan fingerprint density at radius 3 is 2.59 bits per heavy atom. The maximum Gasteiger partial charge on any atom is 0.283 e. The minimum Gasteiger partial charge on any atom is -0.349 e. The number of carbonyl (C=O) groups excluding carboxylic acids is 1.